The monoisotopic (exact) mass is 313 g/mol. The number of hydrogen-bond donors (Lipinski definition) is 1. The Hall–Kier alpha value is -1.26. The van der Waals surface area contributed by atoms with Crippen molar-refractivity contribution >= 4 is 17.5 Å². The SMILES string of the molecule is CCC(CC)N(CCO)C(=O)COc1ccc(Cl)cc1C. The first-order valence-corrected chi connectivity index (χ1v) is 7.70. The Morgan fingerprint density at radius 2 is 2.05 bits per heavy atom. The van der Waals surface area contributed by atoms with Crippen molar-refractivity contribution in [2.24, 2.45) is 0 Å². The van der Waals surface area contributed by atoms with Gasteiger partial charge in [-0.25, -0.2) is 0 Å². The van der Waals surface area contributed by atoms with Crippen LogP contribution < -0.4 is 4.74 Å². The van der Waals surface area contributed by atoms with E-state index in [4.69, 9.17) is 21.4 Å². The number of carbonyl (C=O) groups is 1. The first-order chi connectivity index (χ1) is 10.0. The minimum Gasteiger partial charge on any atom is -0.483 e. The van der Waals surface area contributed by atoms with E-state index in [1.54, 1.807) is 23.1 Å². The molecule has 21 heavy (non-hydrogen) atoms. The van der Waals surface area contributed by atoms with Gasteiger partial charge in [0.05, 0.1) is 6.61 Å². The van der Waals surface area contributed by atoms with Crippen LogP contribution >= 0.6 is 11.6 Å². The van der Waals surface area contributed by atoms with Crippen molar-refractivity contribution < 1.29 is 14.6 Å². The summed E-state index contributed by atoms with van der Waals surface area (Å²) in [5.74, 6) is 0.549. The second-order valence-electron chi connectivity index (χ2n) is 4.98. The Kier molecular flexibility index (Phi) is 7.54. The molecule has 0 radical (unpaired) electrons. The largest absolute Gasteiger partial charge is 0.483 e. The van der Waals surface area contributed by atoms with Crippen LogP contribution in [0.4, 0.5) is 0 Å². The number of aliphatic hydroxyl groups is 1. The van der Waals surface area contributed by atoms with Gasteiger partial charge in [-0.2, -0.15) is 0 Å². The lowest BCUT2D eigenvalue weighted by Crippen LogP contribution is -2.44. The van der Waals surface area contributed by atoms with E-state index < -0.39 is 0 Å². The zero-order valence-corrected chi connectivity index (χ0v) is 13.7. The lowest BCUT2D eigenvalue weighted by molar-refractivity contribution is -0.136. The van der Waals surface area contributed by atoms with Crippen LogP contribution in [-0.2, 0) is 4.79 Å². The zero-order valence-electron chi connectivity index (χ0n) is 12.9. The third kappa shape index (κ3) is 5.21. The Balaban J connectivity index is 2.68. The number of hydrogen-bond acceptors (Lipinski definition) is 3. The fraction of sp³-hybridized carbons (Fsp3) is 0.562. The van der Waals surface area contributed by atoms with E-state index in [2.05, 4.69) is 0 Å². The number of carbonyl (C=O) groups excluding carboxylic acids is 1. The first kappa shape index (κ1) is 17.8. The molecule has 1 N–H and O–H groups in total. The summed E-state index contributed by atoms with van der Waals surface area (Å²) >= 11 is 5.89. The molecule has 5 heteroatoms. The van der Waals surface area contributed by atoms with E-state index in [1.807, 2.05) is 20.8 Å². The molecule has 0 aliphatic rings. The molecule has 0 saturated carbocycles. The molecule has 1 amide bonds. The number of ether oxygens (including phenoxy) is 1. The van der Waals surface area contributed by atoms with E-state index in [9.17, 15) is 4.79 Å². The lowest BCUT2D eigenvalue weighted by atomic mass is 10.1. The summed E-state index contributed by atoms with van der Waals surface area (Å²) in [7, 11) is 0. The van der Waals surface area contributed by atoms with Gasteiger partial charge in [-0.15, -0.1) is 0 Å². The van der Waals surface area contributed by atoms with Crippen LogP contribution in [0.3, 0.4) is 0 Å². The van der Waals surface area contributed by atoms with Crippen molar-refractivity contribution in [2.75, 3.05) is 19.8 Å². The number of nitrogens with zero attached hydrogens (tertiary/aromatic N) is 1. The van der Waals surface area contributed by atoms with Gasteiger partial charge in [0.15, 0.2) is 6.61 Å². The van der Waals surface area contributed by atoms with E-state index in [-0.39, 0.29) is 25.2 Å². The van der Waals surface area contributed by atoms with Crippen molar-refractivity contribution in [3.63, 3.8) is 0 Å². The second kappa shape index (κ2) is 8.90. The molecule has 1 rings (SSSR count). The molecule has 118 valence electrons. The molecule has 4 nitrogen and oxygen atoms in total. The summed E-state index contributed by atoms with van der Waals surface area (Å²) in [5, 5.41) is 9.78. The molecule has 0 aromatic heterocycles. The average molecular weight is 314 g/mol. The molecule has 0 aliphatic carbocycles. The summed E-state index contributed by atoms with van der Waals surface area (Å²) < 4.78 is 5.59. The van der Waals surface area contributed by atoms with Gasteiger partial charge >= 0.3 is 0 Å². The van der Waals surface area contributed by atoms with E-state index >= 15 is 0 Å². The Morgan fingerprint density at radius 1 is 1.38 bits per heavy atom. The van der Waals surface area contributed by atoms with Gasteiger partial charge in [0.1, 0.15) is 5.75 Å². The average Bonchev–Trinajstić information content (AvgIpc) is 2.46. The molecule has 0 bridgehead atoms. The minimum atomic E-state index is -0.105. The van der Waals surface area contributed by atoms with E-state index in [0.717, 1.165) is 18.4 Å². The summed E-state index contributed by atoms with van der Waals surface area (Å²) in [6, 6.07) is 5.44. The minimum absolute atomic E-state index is 0.0288. The van der Waals surface area contributed by atoms with E-state index in [1.165, 1.54) is 0 Å². The molecule has 1 aromatic carbocycles. The van der Waals surface area contributed by atoms with Gasteiger partial charge in [0, 0.05) is 17.6 Å². The Bertz CT molecular complexity index is 461. The Morgan fingerprint density at radius 3 is 2.57 bits per heavy atom. The van der Waals surface area contributed by atoms with Crippen LogP contribution in [0.1, 0.15) is 32.3 Å². The maximum Gasteiger partial charge on any atom is 0.260 e. The molecule has 0 unspecified atom stereocenters. The fourth-order valence-corrected chi connectivity index (χ4v) is 2.57. The van der Waals surface area contributed by atoms with Crippen LogP contribution in [0.15, 0.2) is 18.2 Å². The molecular formula is C16H24ClNO3. The lowest BCUT2D eigenvalue weighted by Gasteiger charge is -2.30. The quantitative estimate of drug-likeness (QED) is 0.802. The van der Waals surface area contributed by atoms with Gasteiger partial charge in [-0.1, -0.05) is 25.4 Å². The number of rotatable bonds is 8. The van der Waals surface area contributed by atoms with Gasteiger partial charge < -0.3 is 14.7 Å². The molecule has 1 aromatic rings. The van der Waals surface area contributed by atoms with Crippen molar-refractivity contribution in [3.8, 4) is 5.75 Å². The fourth-order valence-electron chi connectivity index (χ4n) is 2.35. The highest BCUT2D eigenvalue weighted by molar-refractivity contribution is 6.30. The van der Waals surface area contributed by atoms with Gasteiger partial charge in [0.2, 0.25) is 0 Å². The van der Waals surface area contributed by atoms with Crippen LogP contribution in [0.25, 0.3) is 0 Å². The Labute approximate surface area is 131 Å². The summed E-state index contributed by atoms with van der Waals surface area (Å²) in [5.41, 5.74) is 0.895. The number of amides is 1. The number of benzene rings is 1. The van der Waals surface area contributed by atoms with Crippen molar-refractivity contribution in [2.45, 2.75) is 39.7 Å². The molecule has 0 spiro atoms. The third-order valence-corrected chi connectivity index (χ3v) is 3.77. The van der Waals surface area contributed by atoms with Gasteiger partial charge in [0.25, 0.3) is 5.91 Å². The predicted octanol–water partition coefficient (Wildman–Crippen LogP) is 3.04. The maximum absolute atomic E-state index is 12.3. The molecular weight excluding hydrogens is 290 g/mol. The number of aryl methyl sites for hydroxylation is 1. The summed E-state index contributed by atoms with van der Waals surface area (Å²) in [6.45, 7) is 6.24. The number of halogens is 1. The number of aliphatic hydroxyl groups excluding tert-OH is 1. The van der Waals surface area contributed by atoms with Crippen molar-refractivity contribution in [3.05, 3.63) is 28.8 Å². The van der Waals surface area contributed by atoms with Gasteiger partial charge in [-0.05, 0) is 43.5 Å². The molecule has 0 heterocycles. The van der Waals surface area contributed by atoms with Crippen LogP contribution in [0.2, 0.25) is 5.02 Å². The summed E-state index contributed by atoms with van der Waals surface area (Å²) in [6.07, 6.45) is 1.73. The van der Waals surface area contributed by atoms with Gasteiger partial charge in [-0.3, -0.25) is 4.79 Å². The summed E-state index contributed by atoms with van der Waals surface area (Å²) in [4.78, 5) is 14.0. The van der Waals surface area contributed by atoms with Crippen LogP contribution in [0, 0.1) is 6.92 Å². The highest BCUT2D eigenvalue weighted by Crippen LogP contribution is 2.22. The maximum atomic E-state index is 12.3. The van der Waals surface area contributed by atoms with Crippen LogP contribution in [0.5, 0.6) is 5.75 Å². The third-order valence-electron chi connectivity index (χ3n) is 3.53. The smallest absolute Gasteiger partial charge is 0.260 e. The first-order valence-electron chi connectivity index (χ1n) is 7.32. The van der Waals surface area contributed by atoms with Crippen molar-refractivity contribution in [1.82, 2.24) is 4.90 Å². The standard InChI is InChI=1S/C16H24ClNO3/c1-4-14(5-2)18(8-9-19)16(20)11-21-15-7-6-13(17)10-12(15)3/h6-7,10,14,19H,4-5,8-9,11H2,1-3H3. The van der Waals surface area contributed by atoms with Crippen LogP contribution in [-0.4, -0.2) is 41.7 Å². The molecule has 0 aliphatic heterocycles. The van der Waals surface area contributed by atoms with E-state index in [0.29, 0.717) is 17.3 Å². The highest BCUT2D eigenvalue weighted by Gasteiger charge is 2.21. The molecule has 0 saturated heterocycles. The predicted molar refractivity (Wildman–Crippen MR) is 84.9 cm³/mol. The zero-order chi connectivity index (χ0) is 15.8. The van der Waals surface area contributed by atoms with Crippen molar-refractivity contribution in [1.29, 1.82) is 0 Å². The second-order valence-corrected chi connectivity index (χ2v) is 5.42. The highest BCUT2D eigenvalue weighted by atomic mass is 35.5. The normalized spacial score (nSPS) is 10.8. The molecule has 0 atom stereocenters. The topological polar surface area (TPSA) is 49.8 Å². The molecule has 0 fully saturated rings.